The lowest BCUT2D eigenvalue weighted by atomic mass is 9.94. The largest absolute Gasteiger partial charge is 0.355 e. The average molecular weight is 502 g/mol. The minimum absolute atomic E-state index is 0.105. The lowest BCUT2D eigenvalue weighted by Gasteiger charge is -2.43. The molecule has 1 aliphatic carbocycles. The van der Waals surface area contributed by atoms with E-state index in [9.17, 15) is 12.8 Å². The summed E-state index contributed by atoms with van der Waals surface area (Å²) in [5.74, 6) is 0.139. The van der Waals surface area contributed by atoms with Gasteiger partial charge in [-0.05, 0) is 73.2 Å². The van der Waals surface area contributed by atoms with Crippen LogP contribution in [-0.4, -0.2) is 67.4 Å². The Hall–Kier alpha value is -2.33. The molecule has 0 amide bonds. The van der Waals surface area contributed by atoms with E-state index in [2.05, 4.69) is 24.1 Å². The van der Waals surface area contributed by atoms with Gasteiger partial charge in [-0.25, -0.2) is 4.39 Å². The predicted octanol–water partition coefficient (Wildman–Crippen LogP) is 4.53. The maximum Gasteiger partial charge on any atom is 0.282 e. The molecule has 35 heavy (non-hydrogen) atoms. The number of hydrogen-bond acceptors (Lipinski definition) is 5. The van der Waals surface area contributed by atoms with Crippen LogP contribution >= 0.6 is 0 Å². The van der Waals surface area contributed by atoms with Crippen molar-refractivity contribution in [3.63, 3.8) is 0 Å². The molecule has 0 radical (unpaired) electrons. The lowest BCUT2D eigenvalue weighted by molar-refractivity contribution is 0.101. The third-order valence-electron chi connectivity index (χ3n) is 6.88. The van der Waals surface area contributed by atoms with Crippen LogP contribution in [0.15, 0.2) is 36.4 Å². The second kappa shape index (κ2) is 10.3. The van der Waals surface area contributed by atoms with Crippen molar-refractivity contribution in [2.75, 3.05) is 38.5 Å². The highest BCUT2D eigenvalue weighted by atomic mass is 32.2. The number of rotatable bonds is 9. The van der Waals surface area contributed by atoms with Crippen molar-refractivity contribution >= 4 is 27.8 Å². The Morgan fingerprint density at radius 1 is 1.20 bits per heavy atom. The van der Waals surface area contributed by atoms with Gasteiger partial charge in [-0.3, -0.25) is 4.90 Å². The first-order valence-electron chi connectivity index (χ1n) is 12.2. The molecular formula is C26H36FN5O2S. The van der Waals surface area contributed by atoms with Crippen LogP contribution in [0, 0.1) is 24.1 Å². The Bertz CT molecular complexity index is 1170. The van der Waals surface area contributed by atoms with Crippen LogP contribution in [0.25, 0.3) is 0 Å². The van der Waals surface area contributed by atoms with Crippen LogP contribution in [0.4, 0.5) is 15.8 Å². The zero-order valence-electron chi connectivity index (χ0n) is 21.0. The van der Waals surface area contributed by atoms with E-state index in [1.807, 2.05) is 19.1 Å². The van der Waals surface area contributed by atoms with Crippen LogP contribution < -0.4 is 5.32 Å². The first-order valence-corrected chi connectivity index (χ1v) is 13.6. The van der Waals surface area contributed by atoms with Gasteiger partial charge in [0.15, 0.2) is 0 Å². The second-order valence-electron chi connectivity index (χ2n) is 10.1. The van der Waals surface area contributed by atoms with Gasteiger partial charge in [0.2, 0.25) is 0 Å². The number of nitrogens with zero attached hydrogens (tertiary/aromatic N) is 3. The molecule has 1 atom stereocenters. The van der Waals surface area contributed by atoms with Gasteiger partial charge in [-0.15, -0.1) is 0 Å². The average Bonchev–Trinajstić information content (AvgIpc) is 3.66. The highest BCUT2D eigenvalue weighted by Crippen LogP contribution is 2.35. The number of anilines is 2. The van der Waals surface area contributed by atoms with E-state index in [0.717, 1.165) is 41.9 Å². The SMILES string of the molecule is Cc1cc(Nc2ccc(F)cc2)c(C=N)cc1[C@H]1CN(S(=O)(=O)N(C)C2CC2)CCN1CC(C)C. The molecule has 2 aliphatic rings. The van der Waals surface area contributed by atoms with Gasteiger partial charge in [0, 0.05) is 68.5 Å². The van der Waals surface area contributed by atoms with Gasteiger partial charge in [-0.2, -0.15) is 17.0 Å². The lowest BCUT2D eigenvalue weighted by Crippen LogP contribution is -2.54. The van der Waals surface area contributed by atoms with Crippen LogP contribution in [0.5, 0.6) is 0 Å². The van der Waals surface area contributed by atoms with Crippen LogP contribution in [0.1, 0.15) is 49.4 Å². The highest BCUT2D eigenvalue weighted by Gasteiger charge is 2.41. The van der Waals surface area contributed by atoms with Gasteiger partial charge < -0.3 is 10.7 Å². The molecule has 0 bridgehead atoms. The summed E-state index contributed by atoms with van der Waals surface area (Å²) >= 11 is 0. The maximum absolute atomic E-state index is 13.3. The van der Waals surface area contributed by atoms with Gasteiger partial charge in [0.25, 0.3) is 10.2 Å². The molecule has 190 valence electrons. The Labute approximate surface area is 208 Å². The fourth-order valence-corrected chi connectivity index (χ4v) is 6.41. The third-order valence-corrected chi connectivity index (χ3v) is 8.89. The number of halogens is 1. The van der Waals surface area contributed by atoms with Crippen molar-refractivity contribution in [2.24, 2.45) is 5.92 Å². The van der Waals surface area contributed by atoms with Crippen molar-refractivity contribution in [1.29, 1.82) is 5.41 Å². The second-order valence-corrected chi connectivity index (χ2v) is 12.1. The predicted molar refractivity (Wildman–Crippen MR) is 139 cm³/mol. The molecular weight excluding hydrogens is 465 g/mol. The summed E-state index contributed by atoms with van der Waals surface area (Å²) in [5.41, 5.74) is 4.25. The third kappa shape index (κ3) is 5.74. The standard InChI is InChI=1S/C26H36FN5O2S/c1-18(2)16-31-11-12-32(35(33,34)30(4)23-9-10-23)17-26(31)24-14-20(15-28)25(13-19(24)3)29-22-7-5-21(27)6-8-22/h5-8,13-15,18,23,26,28-29H,9-12,16-17H2,1-4H3/t26-/m1/s1. The Balaban J connectivity index is 1.66. The number of nitrogens with one attached hydrogen (secondary N) is 2. The molecule has 0 unspecified atom stereocenters. The zero-order chi connectivity index (χ0) is 25.3. The summed E-state index contributed by atoms with van der Waals surface area (Å²) in [7, 11) is -1.83. The number of benzene rings is 2. The first kappa shape index (κ1) is 25.8. The molecule has 1 aliphatic heterocycles. The first-order chi connectivity index (χ1) is 16.6. The molecule has 2 aromatic rings. The minimum atomic E-state index is -3.52. The van der Waals surface area contributed by atoms with Crippen LogP contribution in [0.3, 0.4) is 0 Å². The normalized spacial score (nSPS) is 19.9. The van der Waals surface area contributed by atoms with E-state index in [-0.39, 0.29) is 17.9 Å². The molecule has 9 heteroatoms. The Morgan fingerprint density at radius 2 is 1.89 bits per heavy atom. The summed E-state index contributed by atoms with van der Waals surface area (Å²) in [5, 5.41) is 11.3. The molecule has 1 heterocycles. The van der Waals surface area contributed by atoms with E-state index in [0.29, 0.717) is 31.1 Å². The summed E-state index contributed by atoms with van der Waals surface area (Å²) < 4.78 is 43.1. The molecule has 1 saturated heterocycles. The summed E-state index contributed by atoms with van der Waals surface area (Å²) in [4.78, 5) is 2.37. The zero-order valence-corrected chi connectivity index (χ0v) is 21.8. The van der Waals surface area contributed by atoms with Gasteiger partial charge in [0.05, 0.1) is 0 Å². The molecule has 2 N–H and O–H groups in total. The van der Waals surface area contributed by atoms with E-state index < -0.39 is 10.2 Å². The van der Waals surface area contributed by atoms with Crippen molar-refractivity contribution in [3.05, 3.63) is 58.9 Å². The van der Waals surface area contributed by atoms with Crippen molar-refractivity contribution in [3.8, 4) is 0 Å². The molecule has 4 rings (SSSR count). The summed E-state index contributed by atoms with van der Waals surface area (Å²) in [6.45, 7) is 8.76. The summed E-state index contributed by atoms with van der Waals surface area (Å²) in [6.07, 6.45) is 3.16. The molecule has 0 spiro atoms. The number of aryl methyl sites for hydroxylation is 1. The Kier molecular flexibility index (Phi) is 7.61. The van der Waals surface area contributed by atoms with Gasteiger partial charge in [0.1, 0.15) is 5.82 Å². The van der Waals surface area contributed by atoms with Crippen molar-refractivity contribution in [2.45, 2.75) is 45.7 Å². The van der Waals surface area contributed by atoms with Crippen molar-refractivity contribution < 1.29 is 12.8 Å². The van der Waals surface area contributed by atoms with E-state index in [4.69, 9.17) is 5.41 Å². The van der Waals surface area contributed by atoms with E-state index in [1.165, 1.54) is 22.7 Å². The van der Waals surface area contributed by atoms with Crippen LogP contribution in [0.2, 0.25) is 0 Å². The smallest absolute Gasteiger partial charge is 0.282 e. The monoisotopic (exact) mass is 501 g/mol. The quantitative estimate of drug-likeness (QED) is 0.495. The fourth-order valence-electron chi connectivity index (χ4n) is 4.81. The maximum atomic E-state index is 13.3. The number of piperazine rings is 1. The molecule has 0 aromatic heterocycles. The highest BCUT2D eigenvalue weighted by molar-refractivity contribution is 7.86. The van der Waals surface area contributed by atoms with Gasteiger partial charge in [-0.1, -0.05) is 13.8 Å². The van der Waals surface area contributed by atoms with Crippen LogP contribution in [-0.2, 0) is 10.2 Å². The van der Waals surface area contributed by atoms with E-state index in [1.54, 1.807) is 23.5 Å². The number of hydrogen-bond donors (Lipinski definition) is 2. The topological polar surface area (TPSA) is 79.7 Å². The van der Waals surface area contributed by atoms with Gasteiger partial charge >= 0.3 is 0 Å². The minimum Gasteiger partial charge on any atom is -0.355 e. The Morgan fingerprint density at radius 3 is 2.49 bits per heavy atom. The summed E-state index contributed by atoms with van der Waals surface area (Å²) in [6, 6.07) is 10.1. The van der Waals surface area contributed by atoms with Crippen molar-refractivity contribution in [1.82, 2.24) is 13.5 Å². The fraction of sp³-hybridized carbons (Fsp3) is 0.500. The molecule has 7 nitrogen and oxygen atoms in total. The molecule has 2 fully saturated rings. The molecule has 2 aromatic carbocycles. The molecule has 1 saturated carbocycles. The van der Waals surface area contributed by atoms with E-state index >= 15 is 0 Å².